The van der Waals surface area contributed by atoms with Crippen molar-refractivity contribution in [2.24, 2.45) is 23.2 Å². The lowest BCUT2D eigenvalue weighted by Crippen LogP contribution is -2.35. The maximum absolute atomic E-state index is 2.47. The Bertz CT molecular complexity index is 318. The van der Waals surface area contributed by atoms with E-state index in [-0.39, 0.29) is 0 Å². The predicted molar refractivity (Wildman–Crippen MR) is 66.6 cm³/mol. The minimum Gasteiger partial charge on any atom is -0.0775 e. The van der Waals surface area contributed by atoms with Crippen LogP contribution in [0, 0.1) is 23.2 Å². The molecule has 0 saturated heterocycles. The van der Waals surface area contributed by atoms with Gasteiger partial charge in [0.25, 0.3) is 0 Å². The molecule has 0 radical (unpaired) electrons. The summed E-state index contributed by atoms with van der Waals surface area (Å²) in [5, 5.41) is 0. The first-order valence-corrected chi connectivity index (χ1v) is 6.14. The summed E-state index contributed by atoms with van der Waals surface area (Å²) >= 11 is 0. The van der Waals surface area contributed by atoms with Crippen LogP contribution >= 0.6 is 0 Å². The lowest BCUT2D eigenvalue weighted by Gasteiger charge is -2.43. The molecule has 2 aliphatic carbocycles. The van der Waals surface area contributed by atoms with Gasteiger partial charge in [-0.3, -0.25) is 0 Å². The number of hydrogen-bond donors (Lipinski definition) is 0. The fourth-order valence-corrected chi connectivity index (χ4v) is 3.12. The highest BCUT2D eigenvalue weighted by atomic mass is 14.4. The lowest BCUT2D eigenvalue weighted by molar-refractivity contribution is 0.146. The van der Waals surface area contributed by atoms with Gasteiger partial charge >= 0.3 is 0 Å². The first-order valence-electron chi connectivity index (χ1n) is 6.14. The smallest absolute Gasteiger partial charge is 0.00294 e. The Morgan fingerprint density at radius 1 is 1.20 bits per heavy atom. The monoisotopic (exact) mass is 202 g/mol. The molecule has 0 bridgehead atoms. The molecular formula is C15H22. The fourth-order valence-electron chi connectivity index (χ4n) is 3.12. The molecule has 0 heteroatoms. The highest BCUT2D eigenvalue weighted by Gasteiger charge is 2.39. The number of hydrogen-bond acceptors (Lipinski definition) is 0. The second-order valence-electron chi connectivity index (χ2n) is 5.62. The molecule has 0 aliphatic heterocycles. The second kappa shape index (κ2) is 3.66. The van der Waals surface area contributed by atoms with Crippen molar-refractivity contribution in [1.29, 1.82) is 0 Å². The standard InChI is InChI=1S/C15H22/c1-11(2)15(12(3)4)9-8-13-6-5-7-14(13)10-15/h5-9,11-12,14H,10H2,1-4H3. The molecule has 0 nitrogen and oxygen atoms in total. The average molecular weight is 202 g/mol. The molecule has 0 fully saturated rings. The van der Waals surface area contributed by atoms with Gasteiger partial charge in [-0.25, -0.2) is 0 Å². The van der Waals surface area contributed by atoms with Crippen LogP contribution in [0.2, 0.25) is 0 Å². The van der Waals surface area contributed by atoms with Crippen molar-refractivity contribution in [1.82, 2.24) is 0 Å². The van der Waals surface area contributed by atoms with Crippen molar-refractivity contribution in [3.8, 4) is 0 Å². The molecule has 0 aromatic rings. The van der Waals surface area contributed by atoms with Gasteiger partial charge in [0.05, 0.1) is 0 Å². The highest BCUT2D eigenvalue weighted by Crippen LogP contribution is 2.48. The largest absolute Gasteiger partial charge is 0.0775 e. The predicted octanol–water partition coefficient (Wildman–Crippen LogP) is 4.36. The van der Waals surface area contributed by atoms with Crippen molar-refractivity contribution in [3.05, 3.63) is 36.0 Å². The first kappa shape index (κ1) is 10.7. The molecule has 1 unspecified atom stereocenters. The molecule has 0 saturated carbocycles. The quantitative estimate of drug-likeness (QED) is 0.624. The van der Waals surface area contributed by atoms with Gasteiger partial charge in [-0.1, -0.05) is 58.1 Å². The van der Waals surface area contributed by atoms with Gasteiger partial charge in [0.1, 0.15) is 0 Å². The normalized spacial score (nSPS) is 27.3. The zero-order valence-corrected chi connectivity index (χ0v) is 10.3. The molecule has 2 rings (SSSR count). The molecule has 0 heterocycles. The average Bonchev–Trinajstić information content (AvgIpc) is 2.62. The Morgan fingerprint density at radius 3 is 2.47 bits per heavy atom. The molecule has 0 N–H and O–H groups in total. The summed E-state index contributed by atoms with van der Waals surface area (Å²) in [6.45, 7) is 9.44. The third kappa shape index (κ3) is 1.60. The van der Waals surface area contributed by atoms with Crippen molar-refractivity contribution >= 4 is 0 Å². The lowest BCUT2D eigenvalue weighted by atomic mass is 9.61. The summed E-state index contributed by atoms with van der Waals surface area (Å²) in [6.07, 6.45) is 12.9. The van der Waals surface area contributed by atoms with E-state index < -0.39 is 0 Å². The van der Waals surface area contributed by atoms with Crippen LogP contribution in [-0.4, -0.2) is 0 Å². The minimum atomic E-state index is 0.399. The topological polar surface area (TPSA) is 0 Å². The Kier molecular flexibility index (Phi) is 2.62. The highest BCUT2D eigenvalue weighted by molar-refractivity contribution is 5.39. The summed E-state index contributed by atoms with van der Waals surface area (Å²) in [5.41, 5.74) is 1.91. The van der Waals surface area contributed by atoms with Crippen molar-refractivity contribution in [2.75, 3.05) is 0 Å². The Hall–Kier alpha value is -0.780. The summed E-state index contributed by atoms with van der Waals surface area (Å²) in [7, 11) is 0. The molecule has 15 heavy (non-hydrogen) atoms. The Labute approximate surface area is 93.8 Å². The Balaban J connectivity index is 2.33. The Morgan fingerprint density at radius 2 is 1.87 bits per heavy atom. The van der Waals surface area contributed by atoms with Crippen LogP contribution in [0.4, 0.5) is 0 Å². The van der Waals surface area contributed by atoms with Crippen LogP contribution < -0.4 is 0 Å². The zero-order valence-electron chi connectivity index (χ0n) is 10.3. The van der Waals surface area contributed by atoms with Gasteiger partial charge in [-0.2, -0.15) is 0 Å². The summed E-state index contributed by atoms with van der Waals surface area (Å²) in [5.74, 6) is 2.13. The van der Waals surface area contributed by atoms with E-state index in [1.165, 1.54) is 12.0 Å². The summed E-state index contributed by atoms with van der Waals surface area (Å²) < 4.78 is 0. The van der Waals surface area contributed by atoms with Crippen LogP contribution in [0.15, 0.2) is 36.0 Å². The zero-order chi connectivity index (χ0) is 11.1. The van der Waals surface area contributed by atoms with E-state index in [1.807, 2.05) is 0 Å². The first-order chi connectivity index (χ1) is 7.06. The molecule has 0 aromatic heterocycles. The van der Waals surface area contributed by atoms with Crippen molar-refractivity contribution < 1.29 is 0 Å². The molecule has 82 valence electrons. The van der Waals surface area contributed by atoms with Crippen LogP contribution in [0.5, 0.6) is 0 Å². The third-order valence-electron chi connectivity index (χ3n) is 4.37. The molecular weight excluding hydrogens is 180 g/mol. The van der Waals surface area contributed by atoms with Gasteiger partial charge in [0.15, 0.2) is 0 Å². The summed E-state index contributed by atoms with van der Waals surface area (Å²) in [6, 6.07) is 0. The van der Waals surface area contributed by atoms with E-state index in [0.717, 1.165) is 11.8 Å². The SMILES string of the molecule is CC(C)C1(C(C)C)C=CC2=CC=CC2C1. The van der Waals surface area contributed by atoms with Crippen LogP contribution in [-0.2, 0) is 0 Å². The van der Waals surface area contributed by atoms with Gasteiger partial charge in [0, 0.05) is 5.92 Å². The van der Waals surface area contributed by atoms with Crippen molar-refractivity contribution in [2.45, 2.75) is 34.1 Å². The van der Waals surface area contributed by atoms with E-state index in [0.29, 0.717) is 11.3 Å². The van der Waals surface area contributed by atoms with E-state index in [1.54, 1.807) is 0 Å². The van der Waals surface area contributed by atoms with Gasteiger partial charge in [-0.15, -0.1) is 0 Å². The molecule has 0 amide bonds. The van der Waals surface area contributed by atoms with E-state index in [9.17, 15) is 0 Å². The second-order valence-corrected chi connectivity index (χ2v) is 5.62. The molecule has 2 aliphatic rings. The van der Waals surface area contributed by atoms with E-state index in [2.05, 4.69) is 58.1 Å². The molecule has 0 spiro atoms. The number of rotatable bonds is 2. The minimum absolute atomic E-state index is 0.399. The third-order valence-corrected chi connectivity index (χ3v) is 4.37. The van der Waals surface area contributed by atoms with Crippen LogP contribution in [0.3, 0.4) is 0 Å². The molecule has 0 aromatic carbocycles. The maximum atomic E-state index is 2.47. The van der Waals surface area contributed by atoms with Crippen molar-refractivity contribution in [3.63, 3.8) is 0 Å². The summed E-state index contributed by atoms with van der Waals surface area (Å²) in [4.78, 5) is 0. The number of allylic oxidation sites excluding steroid dienone is 6. The van der Waals surface area contributed by atoms with Crippen LogP contribution in [0.25, 0.3) is 0 Å². The maximum Gasteiger partial charge on any atom is 0.00294 e. The van der Waals surface area contributed by atoms with Gasteiger partial charge in [0.2, 0.25) is 0 Å². The fraction of sp³-hybridized carbons (Fsp3) is 0.600. The molecule has 1 atom stereocenters. The van der Waals surface area contributed by atoms with Gasteiger partial charge in [-0.05, 0) is 29.2 Å². The number of fused-ring (bicyclic) bond motifs is 1. The van der Waals surface area contributed by atoms with Crippen LogP contribution in [0.1, 0.15) is 34.1 Å². The van der Waals surface area contributed by atoms with E-state index >= 15 is 0 Å². The van der Waals surface area contributed by atoms with Gasteiger partial charge < -0.3 is 0 Å². The van der Waals surface area contributed by atoms with E-state index in [4.69, 9.17) is 0 Å².